The van der Waals surface area contributed by atoms with E-state index in [0.717, 1.165) is 39.0 Å². The number of fused-ring (bicyclic) bond motifs is 4. The average Bonchev–Trinajstić information content (AvgIpc) is 3.53. The Morgan fingerprint density at radius 2 is 1.52 bits per heavy atom. The van der Waals surface area contributed by atoms with Crippen molar-refractivity contribution in [2.45, 2.75) is 26.2 Å². The van der Waals surface area contributed by atoms with Gasteiger partial charge in [0.2, 0.25) is 0 Å². The molecule has 1 aliphatic heterocycles. The van der Waals surface area contributed by atoms with E-state index < -0.39 is 6.98 Å². The first-order valence-corrected chi connectivity index (χ1v) is 13.5. The lowest BCUT2D eigenvalue weighted by molar-refractivity contribution is 0.483. The predicted octanol–water partition coefficient (Wildman–Crippen LogP) is 8.81. The van der Waals surface area contributed by atoms with Gasteiger partial charge in [-0.05, 0) is 65.6 Å². The van der Waals surface area contributed by atoms with E-state index in [2.05, 4.69) is 73.9 Å². The van der Waals surface area contributed by atoms with E-state index in [1.807, 2.05) is 65.7 Å². The number of pyridine rings is 1. The van der Waals surface area contributed by atoms with Crippen LogP contribution in [0.4, 0.5) is 17.1 Å². The highest BCUT2D eigenvalue weighted by Crippen LogP contribution is 2.41. The smallest absolute Gasteiger partial charge is 0.137 e. The Balaban J connectivity index is 1.28. The van der Waals surface area contributed by atoms with E-state index in [-0.39, 0.29) is 12.1 Å². The molecule has 3 heterocycles. The third-order valence-corrected chi connectivity index (χ3v) is 7.60. The third kappa shape index (κ3) is 4.06. The van der Waals surface area contributed by atoms with Crippen molar-refractivity contribution >= 4 is 38.9 Å². The first-order valence-electron chi connectivity index (χ1n) is 15.0. The molecule has 0 atom stereocenters. The molecule has 40 heavy (non-hydrogen) atoms. The van der Waals surface area contributed by atoms with E-state index >= 15 is 0 Å². The molecule has 0 fully saturated rings. The number of nitrogens with zero attached hydrogens (tertiary/aromatic N) is 4. The molecule has 0 saturated heterocycles. The molecule has 4 aromatic carbocycles. The molecule has 7 rings (SSSR count). The predicted molar refractivity (Wildman–Crippen MR) is 166 cm³/mol. The lowest BCUT2D eigenvalue weighted by Crippen LogP contribution is -2.23. The second kappa shape index (κ2) is 9.16. The van der Waals surface area contributed by atoms with E-state index in [4.69, 9.17) is 13.8 Å². The summed E-state index contributed by atoms with van der Waals surface area (Å²) in [4.78, 5) is 8.23. The Hall–Kier alpha value is -4.77. The molecule has 0 unspecified atom stereocenters. The summed E-state index contributed by atoms with van der Waals surface area (Å²) < 4.78 is 32.7. The fourth-order valence-corrected chi connectivity index (χ4v) is 5.55. The molecule has 0 radical (unpaired) electrons. The van der Waals surface area contributed by atoms with Crippen LogP contribution in [0.3, 0.4) is 0 Å². The summed E-state index contributed by atoms with van der Waals surface area (Å²) in [6, 6.07) is 34.2. The Morgan fingerprint density at radius 1 is 0.750 bits per heavy atom. The molecule has 0 saturated carbocycles. The van der Waals surface area contributed by atoms with Gasteiger partial charge in [0.15, 0.2) is 0 Å². The van der Waals surface area contributed by atoms with E-state index in [1.165, 1.54) is 10.5 Å². The minimum absolute atomic E-state index is 0.00782. The number of anilines is 3. The fourth-order valence-electron chi connectivity index (χ4n) is 5.55. The Kier molecular flexibility index (Phi) is 4.83. The molecule has 5 nitrogen and oxygen atoms in total. The van der Waals surface area contributed by atoms with Crippen LogP contribution in [-0.2, 0) is 5.41 Å². The van der Waals surface area contributed by atoms with Crippen LogP contribution in [0.5, 0.6) is 11.5 Å². The normalized spacial score (nSPS) is 14.7. The number of hydrogen-bond acceptors (Lipinski definition) is 4. The average molecular weight is 528 g/mol. The molecular weight excluding hydrogens is 492 g/mol. The maximum atomic E-state index is 8.03. The van der Waals surface area contributed by atoms with Crippen LogP contribution in [0.1, 0.15) is 30.4 Å². The molecule has 198 valence electrons. The lowest BCUT2D eigenvalue weighted by atomic mass is 9.88. The van der Waals surface area contributed by atoms with Gasteiger partial charge in [0, 0.05) is 45.9 Å². The van der Waals surface area contributed by atoms with Crippen molar-refractivity contribution in [1.29, 1.82) is 0 Å². The number of benzene rings is 4. The first-order chi connectivity index (χ1) is 20.6. The van der Waals surface area contributed by atoms with Gasteiger partial charge in [-0.15, -0.1) is 0 Å². The summed E-state index contributed by atoms with van der Waals surface area (Å²) in [5, 5.41) is 2.28. The topological polar surface area (TPSA) is 33.5 Å². The summed E-state index contributed by atoms with van der Waals surface area (Å²) in [6.07, 6.45) is 1.88. The van der Waals surface area contributed by atoms with Gasteiger partial charge in [0.1, 0.15) is 17.3 Å². The minimum atomic E-state index is -2.24. The van der Waals surface area contributed by atoms with Crippen LogP contribution in [0, 0.1) is 0 Å². The van der Waals surface area contributed by atoms with Gasteiger partial charge in [0.25, 0.3) is 0 Å². The SMILES string of the molecule is [2H]C([2H])([2H])N1CN(c2cccc(Oc3ccc4c5ccccc5n(-c5cc(C(C)(C)C)ccn5)c4c3)c2)c2ccccc21. The number of ether oxygens (including phenoxy) is 1. The Bertz CT molecular complexity index is 1990. The molecule has 0 N–H and O–H groups in total. The van der Waals surface area contributed by atoms with Crippen molar-refractivity contribution in [3.63, 3.8) is 0 Å². The van der Waals surface area contributed by atoms with Crippen LogP contribution in [-0.4, -0.2) is 23.2 Å². The van der Waals surface area contributed by atoms with Crippen LogP contribution >= 0.6 is 0 Å². The lowest BCUT2D eigenvalue weighted by Gasteiger charge is -2.20. The largest absolute Gasteiger partial charge is 0.457 e. The van der Waals surface area contributed by atoms with Crippen LogP contribution in [0.15, 0.2) is 109 Å². The zero-order valence-electron chi connectivity index (χ0n) is 25.8. The van der Waals surface area contributed by atoms with Crippen molar-refractivity contribution in [2.75, 3.05) is 23.4 Å². The highest BCUT2D eigenvalue weighted by Gasteiger charge is 2.24. The molecular formula is C35H32N4O. The van der Waals surface area contributed by atoms with Crippen molar-refractivity contribution in [2.24, 2.45) is 0 Å². The first kappa shape index (κ1) is 21.1. The maximum absolute atomic E-state index is 8.03. The zero-order valence-corrected chi connectivity index (χ0v) is 22.8. The van der Waals surface area contributed by atoms with Crippen LogP contribution in [0.2, 0.25) is 0 Å². The van der Waals surface area contributed by atoms with E-state index in [0.29, 0.717) is 17.2 Å². The Morgan fingerprint density at radius 3 is 2.38 bits per heavy atom. The van der Waals surface area contributed by atoms with Gasteiger partial charge < -0.3 is 14.5 Å². The number of para-hydroxylation sites is 3. The quantitative estimate of drug-likeness (QED) is 0.229. The van der Waals surface area contributed by atoms with Gasteiger partial charge in [-0.1, -0.05) is 57.2 Å². The van der Waals surface area contributed by atoms with Gasteiger partial charge in [-0.25, -0.2) is 4.98 Å². The van der Waals surface area contributed by atoms with Gasteiger partial charge >= 0.3 is 0 Å². The van der Waals surface area contributed by atoms with Gasteiger partial charge in [-0.3, -0.25) is 4.57 Å². The molecule has 2 aromatic heterocycles. The van der Waals surface area contributed by atoms with Crippen molar-refractivity contribution in [1.82, 2.24) is 9.55 Å². The zero-order chi connectivity index (χ0) is 29.9. The summed E-state index contributed by atoms with van der Waals surface area (Å²) in [6.45, 7) is 4.61. The molecule has 0 aliphatic carbocycles. The van der Waals surface area contributed by atoms with Crippen molar-refractivity contribution in [3.8, 4) is 17.3 Å². The Labute approximate surface area is 239 Å². The highest BCUT2D eigenvalue weighted by molar-refractivity contribution is 6.09. The summed E-state index contributed by atoms with van der Waals surface area (Å²) in [5.41, 5.74) is 5.70. The van der Waals surface area contributed by atoms with Crippen LogP contribution in [0.25, 0.3) is 27.6 Å². The van der Waals surface area contributed by atoms with Gasteiger partial charge in [0.05, 0.1) is 29.1 Å². The maximum Gasteiger partial charge on any atom is 0.137 e. The minimum Gasteiger partial charge on any atom is -0.457 e. The second-order valence-electron chi connectivity index (χ2n) is 11.3. The standard InChI is InChI=1S/C35H32N4O/c1-35(2,3)24-18-19-36-34(20-24)39-30-13-6-5-12-28(30)29-17-16-27(22-33(29)39)40-26-11-9-10-25(21-26)38-23-37(4)31-14-7-8-15-32(31)38/h5-22H,23H2,1-4H3/i4D3. The monoisotopic (exact) mass is 527 g/mol. The third-order valence-electron chi connectivity index (χ3n) is 7.60. The van der Waals surface area contributed by atoms with Crippen LogP contribution < -0.4 is 14.5 Å². The number of rotatable bonds is 4. The summed E-state index contributed by atoms with van der Waals surface area (Å²) in [5.74, 6) is 2.23. The van der Waals surface area contributed by atoms with Crippen molar-refractivity contribution in [3.05, 3.63) is 115 Å². The highest BCUT2D eigenvalue weighted by atomic mass is 16.5. The molecule has 5 heteroatoms. The fraction of sp³-hybridized carbons (Fsp3) is 0.171. The van der Waals surface area contributed by atoms with Gasteiger partial charge in [-0.2, -0.15) is 0 Å². The number of hydrogen-bond donors (Lipinski definition) is 0. The van der Waals surface area contributed by atoms with Crippen molar-refractivity contribution < 1.29 is 8.85 Å². The molecule has 0 spiro atoms. The molecule has 1 aliphatic rings. The van der Waals surface area contributed by atoms with E-state index in [9.17, 15) is 0 Å². The molecule has 0 bridgehead atoms. The van der Waals surface area contributed by atoms with E-state index in [1.54, 1.807) is 0 Å². The summed E-state index contributed by atoms with van der Waals surface area (Å²) >= 11 is 0. The second-order valence-corrected chi connectivity index (χ2v) is 11.3. The number of aromatic nitrogens is 2. The molecule has 0 amide bonds. The summed E-state index contributed by atoms with van der Waals surface area (Å²) in [7, 11) is 0. The molecule has 6 aromatic rings.